The molecule has 110 valence electrons. The van der Waals surface area contributed by atoms with Gasteiger partial charge >= 0.3 is 0 Å². The van der Waals surface area contributed by atoms with Crippen LogP contribution in [0.1, 0.15) is 10.6 Å². The first kappa shape index (κ1) is 13.9. The van der Waals surface area contributed by atoms with Crippen molar-refractivity contribution in [2.45, 2.75) is 13.8 Å². The second-order valence-electron chi connectivity index (χ2n) is 5.08. The van der Waals surface area contributed by atoms with Crippen molar-refractivity contribution in [2.24, 2.45) is 7.05 Å². The summed E-state index contributed by atoms with van der Waals surface area (Å²) < 4.78 is 7.59. The largest absolute Gasteiger partial charge is 0.497 e. The van der Waals surface area contributed by atoms with Gasteiger partial charge in [-0.15, -0.1) is 11.3 Å². The Labute approximate surface area is 128 Å². The summed E-state index contributed by atoms with van der Waals surface area (Å²) in [6.07, 6.45) is 0. The van der Waals surface area contributed by atoms with Gasteiger partial charge in [0.1, 0.15) is 5.75 Å². The third-order valence-corrected chi connectivity index (χ3v) is 4.93. The van der Waals surface area contributed by atoms with Gasteiger partial charge in [0.05, 0.1) is 12.8 Å². The molecule has 0 saturated heterocycles. The molecule has 0 unspecified atom stereocenters. The zero-order valence-corrected chi connectivity index (χ0v) is 13.8. The SMILES string of the molecule is CNc1nc(-c2c(C)n(C)c3ccc(OC)cc23)c(C)s1. The molecule has 0 radical (unpaired) electrons. The van der Waals surface area contributed by atoms with Crippen LogP contribution >= 0.6 is 11.3 Å². The number of fused-ring (bicyclic) bond motifs is 1. The summed E-state index contributed by atoms with van der Waals surface area (Å²) in [5.74, 6) is 0.871. The number of hydrogen-bond acceptors (Lipinski definition) is 4. The summed E-state index contributed by atoms with van der Waals surface area (Å²) in [4.78, 5) is 5.95. The molecule has 0 bridgehead atoms. The quantitative estimate of drug-likeness (QED) is 0.795. The maximum absolute atomic E-state index is 5.38. The molecule has 21 heavy (non-hydrogen) atoms. The number of thiazole rings is 1. The molecule has 3 aromatic rings. The average Bonchev–Trinajstić information content (AvgIpc) is 2.97. The summed E-state index contributed by atoms with van der Waals surface area (Å²) in [7, 11) is 5.69. The number of anilines is 1. The fourth-order valence-electron chi connectivity index (χ4n) is 2.71. The van der Waals surface area contributed by atoms with Gasteiger partial charge in [-0.1, -0.05) is 0 Å². The minimum absolute atomic E-state index is 0.871. The highest BCUT2D eigenvalue weighted by molar-refractivity contribution is 7.16. The van der Waals surface area contributed by atoms with E-state index in [1.165, 1.54) is 27.0 Å². The number of methoxy groups -OCH3 is 1. The van der Waals surface area contributed by atoms with Crippen molar-refractivity contribution in [3.8, 4) is 17.0 Å². The van der Waals surface area contributed by atoms with Crippen LogP contribution in [0.15, 0.2) is 18.2 Å². The highest BCUT2D eigenvalue weighted by atomic mass is 32.1. The molecule has 4 nitrogen and oxygen atoms in total. The Morgan fingerprint density at radius 1 is 1.29 bits per heavy atom. The molecule has 2 aromatic heterocycles. The number of aryl methyl sites for hydroxylation is 2. The van der Waals surface area contributed by atoms with Crippen LogP contribution < -0.4 is 10.1 Å². The third-order valence-electron chi connectivity index (χ3n) is 3.95. The van der Waals surface area contributed by atoms with Crippen LogP contribution in [0.25, 0.3) is 22.2 Å². The van der Waals surface area contributed by atoms with Gasteiger partial charge in [0.25, 0.3) is 0 Å². The van der Waals surface area contributed by atoms with Crippen LogP contribution in [0.3, 0.4) is 0 Å². The van der Waals surface area contributed by atoms with Crippen molar-refractivity contribution in [3.63, 3.8) is 0 Å². The van der Waals surface area contributed by atoms with E-state index >= 15 is 0 Å². The molecule has 0 aliphatic carbocycles. The Morgan fingerprint density at radius 2 is 2.05 bits per heavy atom. The normalized spacial score (nSPS) is 11.1. The summed E-state index contributed by atoms with van der Waals surface area (Å²) in [5.41, 5.74) is 4.67. The summed E-state index contributed by atoms with van der Waals surface area (Å²) in [6.45, 7) is 4.26. The molecule has 0 aliphatic rings. The standard InChI is InChI=1S/C16H19N3OS/c1-9-14(15-10(2)21-16(17-3)18-15)12-8-11(20-5)6-7-13(12)19(9)4/h6-8H,1-5H3,(H,17,18). The fraction of sp³-hybridized carbons (Fsp3) is 0.312. The van der Waals surface area contributed by atoms with Gasteiger partial charge in [-0.3, -0.25) is 0 Å². The number of ether oxygens (including phenoxy) is 1. The second kappa shape index (κ2) is 5.07. The lowest BCUT2D eigenvalue weighted by atomic mass is 10.1. The minimum atomic E-state index is 0.871. The third kappa shape index (κ3) is 2.08. The number of hydrogen-bond donors (Lipinski definition) is 1. The molecular formula is C16H19N3OS. The van der Waals surface area contributed by atoms with Crippen molar-refractivity contribution >= 4 is 27.4 Å². The molecule has 5 heteroatoms. The Hall–Kier alpha value is -2.01. The summed E-state index contributed by atoms with van der Waals surface area (Å²) >= 11 is 1.68. The van der Waals surface area contributed by atoms with E-state index in [0.717, 1.165) is 16.6 Å². The van der Waals surface area contributed by atoms with Gasteiger partial charge < -0.3 is 14.6 Å². The van der Waals surface area contributed by atoms with Crippen molar-refractivity contribution < 1.29 is 4.74 Å². The number of rotatable bonds is 3. The maximum atomic E-state index is 5.38. The first-order valence-electron chi connectivity index (χ1n) is 6.85. The monoisotopic (exact) mass is 301 g/mol. The molecule has 0 saturated carbocycles. The molecule has 0 amide bonds. The molecule has 0 atom stereocenters. The fourth-order valence-corrected chi connectivity index (χ4v) is 3.49. The zero-order chi connectivity index (χ0) is 15.1. The van der Waals surface area contributed by atoms with Crippen LogP contribution in [0.2, 0.25) is 0 Å². The van der Waals surface area contributed by atoms with E-state index in [-0.39, 0.29) is 0 Å². The lowest BCUT2D eigenvalue weighted by Crippen LogP contribution is -1.91. The predicted molar refractivity (Wildman–Crippen MR) is 89.6 cm³/mol. The highest BCUT2D eigenvalue weighted by Crippen LogP contribution is 2.39. The molecule has 3 rings (SSSR count). The van der Waals surface area contributed by atoms with Crippen LogP contribution in [0.5, 0.6) is 5.75 Å². The predicted octanol–water partition coefficient (Wildman–Crippen LogP) is 3.97. The highest BCUT2D eigenvalue weighted by Gasteiger charge is 2.19. The van der Waals surface area contributed by atoms with E-state index in [1.807, 2.05) is 13.1 Å². The van der Waals surface area contributed by atoms with Gasteiger partial charge in [-0.05, 0) is 32.0 Å². The lowest BCUT2D eigenvalue weighted by molar-refractivity contribution is 0.415. The van der Waals surface area contributed by atoms with Gasteiger partial charge in [0.15, 0.2) is 5.13 Å². The van der Waals surface area contributed by atoms with E-state index in [9.17, 15) is 0 Å². The Balaban J connectivity index is 2.34. The maximum Gasteiger partial charge on any atom is 0.183 e. The molecule has 2 heterocycles. The summed E-state index contributed by atoms with van der Waals surface area (Å²) in [6, 6.07) is 6.19. The van der Waals surface area contributed by atoms with E-state index < -0.39 is 0 Å². The van der Waals surface area contributed by atoms with E-state index in [0.29, 0.717) is 0 Å². The van der Waals surface area contributed by atoms with Gasteiger partial charge in [0.2, 0.25) is 0 Å². The number of aromatic nitrogens is 2. The van der Waals surface area contributed by atoms with Crippen molar-refractivity contribution in [1.29, 1.82) is 0 Å². The molecular weight excluding hydrogens is 282 g/mol. The molecule has 0 fully saturated rings. The van der Waals surface area contributed by atoms with Crippen LogP contribution in [0, 0.1) is 13.8 Å². The minimum Gasteiger partial charge on any atom is -0.497 e. The average molecular weight is 301 g/mol. The van der Waals surface area contributed by atoms with Crippen LogP contribution in [-0.2, 0) is 7.05 Å². The van der Waals surface area contributed by atoms with E-state index in [4.69, 9.17) is 9.72 Å². The summed E-state index contributed by atoms with van der Waals surface area (Å²) in [5, 5.41) is 5.26. The van der Waals surface area contributed by atoms with Gasteiger partial charge in [0, 0.05) is 41.1 Å². The first-order chi connectivity index (χ1) is 10.1. The molecule has 0 aliphatic heterocycles. The molecule has 1 aromatic carbocycles. The number of nitrogens with one attached hydrogen (secondary N) is 1. The first-order valence-corrected chi connectivity index (χ1v) is 7.67. The Bertz CT molecular complexity index is 817. The molecule has 1 N–H and O–H groups in total. The van der Waals surface area contributed by atoms with Crippen LogP contribution in [0.4, 0.5) is 5.13 Å². The topological polar surface area (TPSA) is 39.1 Å². The van der Waals surface area contributed by atoms with E-state index in [2.05, 4.69) is 42.9 Å². The molecule has 0 spiro atoms. The van der Waals surface area contributed by atoms with Crippen molar-refractivity contribution in [2.75, 3.05) is 19.5 Å². The second-order valence-corrected chi connectivity index (χ2v) is 6.28. The Kier molecular flexibility index (Phi) is 3.37. The van der Waals surface area contributed by atoms with Gasteiger partial charge in [-0.25, -0.2) is 4.98 Å². The Morgan fingerprint density at radius 3 is 2.67 bits per heavy atom. The lowest BCUT2D eigenvalue weighted by Gasteiger charge is -2.02. The number of nitrogens with zero attached hydrogens (tertiary/aromatic N) is 2. The van der Waals surface area contributed by atoms with E-state index in [1.54, 1.807) is 18.4 Å². The van der Waals surface area contributed by atoms with Gasteiger partial charge in [-0.2, -0.15) is 0 Å². The zero-order valence-electron chi connectivity index (χ0n) is 12.9. The van der Waals surface area contributed by atoms with Crippen molar-refractivity contribution in [1.82, 2.24) is 9.55 Å². The van der Waals surface area contributed by atoms with Crippen molar-refractivity contribution in [3.05, 3.63) is 28.8 Å². The smallest absolute Gasteiger partial charge is 0.183 e. The van der Waals surface area contributed by atoms with Crippen LogP contribution in [-0.4, -0.2) is 23.7 Å². The number of benzene rings is 1.